The van der Waals surface area contributed by atoms with Gasteiger partial charge in [0.2, 0.25) is 5.91 Å². The lowest BCUT2D eigenvalue weighted by atomic mass is 10.1. The number of nitrogens with one attached hydrogen (secondary N) is 1. The summed E-state index contributed by atoms with van der Waals surface area (Å²) in [6.07, 6.45) is 2.60. The van der Waals surface area contributed by atoms with E-state index in [1.54, 1.807) is 49.6 Å². The minimum absolute atomic E-state index is 0.124. The van der Waals surface area contributed by atoms with E-state index in [0.717, 1.165) is 5.56 Å². The van der Waals surface area contributed by atoms with Gasteiger partial charge in [-0.2, -0.15) is 0 Å². The largest absolute Gasteiger partial charge is 0.479 e. The molecule has 1 unspecified atom stereocenters. The Morgan fingerprint density at radius 1 is 1.23 bits per heavy atom. The fourth-order valence-corrected chi connectivity index (χ4v) is 2.69. The molecule has 0 bridgehead atoms. The molecule has 1 aromatic carbocycles. The van der Waals surface area contributed by atoms with Crippen molar-refractivity contribution in [2.45, 2.75) is 26.5 Å². The summed E-state index contributed by atoms with van der Waals surface area (Å²) in [5, 5.41) is 2.78. The Bertz CT molecular complexity index is 851. The van der Waals surface area contributed by atoms with Crippen LogP contribution in [0.2, 0.25) is 0 Å². The minimum atomic E-state index is -0.696. The number of amides is 2. The van der Waals surface area contributed by atoms with Crippen LogP contribution >= 0.6 is 0 Å². The normalized spacial score (nSPS) is 15.8. The van der Waals surface area contributed by atoms with Crippen LogP contribution in [0.5, 0.6) is 5.75 Å². The zero-order chi connectivity index (χ0) is 18.7. The van der Waals surface area contributed by atoms with Gasteiger partial charge in [-0.05, 0) is 49.7 Å². The first kappa shape index (κ1) is 17.6. The molecule has 2 heterocycles. The molecule has 7 heteroatoms. The summed E-state index contributed by atoms with van der Waals surface area (Å²) < 4.78 is 5.58. The number of aromatic nitrogens is 1. The first-order valence-corrected chi connectivity index (χ1v) is 8.24. The number of benzene rings is 1. The van der Waals surface area contributed by atoms with Gasteiger partial charge in [-0.1, -0.05) is 0 Å². The Morgan fingerprint density at radius 2 is 1.96 bits per heavy atom. The Balaban J connectivity index is 1.77. The van der Waals surface area contributed by atoms with Crippen molar-refractivity contribution in [1.82, 2.24) is 10.3 Å². The lowest BCUT2D eigenvalue weighted by Gasteiger charge is -2.32. The standard InChI is InChI=1S/C19H19N3O4/c1-12(23)15-3-4-17-16(9-15)22(19(25)13(2)26-17)11-18(24)21-10-14-5-7-20-8-6-14/h3-9,13H,10-11H2,1-2H3,(H,21,24). The summed E-state index contributed by atoms with van der Waals surface area (Å²) in [4.78, 5) is 41.8. The number of nitrogens with zero attached hydrogens (tertiary/aromatic N) is 2. The van der Waals surface area contributed by atoms with Crippen molar-refractivity contribution in [3.05, 3.63) is 53.9 Å². The molecule has 7 nitrogen and oxygen atoms in total. The number of hydrogen-bond acceptors (Lipinski definition) is 5. The predicted molar refractivity (Wildman–Crippen MR) is 95.0 cm³/mol. The van der Waals surface area contributed by atoms with Crippen LogP contribution < -0.4 is 15.0 Å². The molecule has 0 aliphatic carbocycles. The Labute approximate surface area is 151 Å². The molecule has 0 saturated heterocycles. The number of pyridine rings is 1. The molecule has 26 heavy (non-hydrogen) atoms. The highest BCUT2D eigenvalue weighted by molar-refractivity contribution is 6.05. The van der Waals surface area contributed by atoms with Gasteiger partial charge in [0, 0.05) is 24.5 Å². The summed E-state index contributed by atoms with van der Waals surface area (Å²) in [5.74, 6) is -0.273. The van der Waals surface area contributed by atoms with Crippen LogP contribution in [-0.4, -0.2) is 35.2 Å². The molecular formula is C19H19N3O4. The fourth-order valence-electron chi connectivity index (χ4n) is 2.69. The second-order valence-electron chi connectivity index (χ2n) is 6.06. The second-order valence-corrected chi connectivity index (χ2v) is 6.06. The van der Waals surface area contributed by atoms with Crippen molar-refractivity contribution >= 4 is 23.3 Å². The average molecular weight is 353 g/mol. The number of hydrogen-bond donors (Lipinski definition) is 1. The van der Waals surface area contributed by atoms with E-state index >= 15 is 0 Å². The molecule has 1 N–H and O–H groups in total. The van der Waals surface area contributed by atoms with Gasteiger partial charge >= 0.3 is 0 Å². The van der Waals surface area contributed by atoms with Gasteiger partial charge in [0.15, 0.2) is 11.9 Å². The predicted octanol–water partition coefficient (Wildman–Crippen LogP) is 1.71. The van der Waals surface area contributed by atoms with Gasteiger partial charge in [0.05, 0.1) is 5.69 Å². The molecule has 0 fully saturated rings. The number of fused-ring (bicyclic) bond motifs is 1. The van der Waals surface area contributed by atoms with Crippen LogP contribution in [-0.2, 0) is 16.1 Å². The number of ketones is 1. The Kier molecular flexibility index (Phi) is 4.97. The van der Waals surface area contributed by atoms with E-state index in [1.807, 2.05) is 0 Å². The molecular weight excluding hydrogens is 334 g/mol. The van der Waals surface area contributed by atoms with Crippen molar-refractivity contribution in [3.8, 4) is 5.75 Å². The maximum atomic E-state index is 12.5. The third-order valence-electron chi connectivity index (χ3n) is 4.11. The highest BCUT2D eigenvalue weighted by Crippen LogP contribution is 2.34. The monoisotopic (exact) mass is 353 g/mol. The molecule has 1 aliphatic rings. The summed E-state index contributed by atoms with van der Waals surface area (Å²) in [7, 11) is 0. The average Bonchev–Trinajstić information content (AvgIpc) is 2.64. The van der Waals surface area contributed by atoms with Gasteiger partial charge in [0.1, 0.15) is 12.3 Å². The smallest absolute Gasteiger partial charge is 0.268 e. The van der Waals surface area contributed by atoms with Gasteiger partial charge < -0.3 is 10.1 Å². The molecule has 0 radical (unpaired) electrons. The van der Waals surface area contributed by atoms with Gasteiger partial charge in [-0.25, -0.2) is 0 Å². The number of rotatable bonds is 5. The van der Waals surface area contributed by atoms with Crippen molar-refractivity contribution in [2.24, 2.45) is 0 Å². The van der Waals surface area contributed by atoms with E-state index in [-0.39, 0.29) is 24.1 Å². The van der Waals surface area contributed by atoms with E-state index in [4.69, 9.17) is 4.74 Å². The third kappa shape index (κ3) is 3.72. The molecule has 2 aromatic rings. The van der Waals surface area contributed by atoms with Crippen LogP contribution in [0.15, 0.2) is 42.7 Å². The van der Waals surface area contributed by atoms with Crippen molar-refractivity contribution in [2.75, 3.05) is 11.4 Å². The Hall–Kier alpha value is -3.22. The highest BCUT2D eigenvalue weighted by Gasteiger charge is 2.33. The number of Topliss-reactive ketones (excluding diaryl/α,β-unsaturated/α-hetero) is 1. The van der Waals surface area contributed by atoms with Gasteiger partial charge in [0.25, 0.3) is 5.91 Å². The molecule has 134 valence electrons. The van der Waals surface area contributed by atoms with Crippen LogP contribution in [0.1, 0.15) is 29.8 Å². The molecule has 1 atom stereocenters. The van der Waals surface area contributed by atoms with E-state index in [9.17, 15) is 14.4 Å². The number of carbonyl (C=O) groups excluding carboxylic acids is 3. The van der Waals surface area contributed by atoms with E-state index < -0.39 is 6.10 Å². The summed E-state index contributed by atoms with van der Waals surface area (Å²) in [6, 6.07) is 8.48. The van der Waals surface area contributed by atoms with E-state index in [1.165, 1.54) is 11.8 Å². The van der Waals surface area contributed by atoms with Crippen molar-refractivity contribution in [1.29, 1.82) is 0 Å². The summed E-state index contributed by atoms with van der Waals surface area (Å²) >= 11 is 0. The minimum Gasteiger partial charge on any atom is -0.479 e. The molecule has 1 aromatic heterocycles. The van der Waals surface area contributed by atoms with Gasteiger partial charge in [-0.15, -0.1) is 0 Å². The molecule has 2 amide bonds. The number of ether oxygens (including phenoxy) is 1. The maximum absolute atomic E-state index is 12.5. The fraction of sp³-hybridized carbons (Fsp3) is 0.263. The van der Waals surface area contributed by atoms with Gasteiger partial charge in [-0.3, -0.25) is 24.3 Å². The van der Waals surface area contributed by atoms with Crippen LogP contribution in [0, 0.1) is 0 Å². The number of anilines is 1. The van der Waals surface area contributed by atoms with E-state index in [0.29, 0.717) is 23.5 Å². The first-order chi connectivity index (χ1) is 12.5. The quantitative estimate of drug-likeness (QED) is 0.827. The Morgan fingerprint density at radius 3 is 2.65 bits per heavy atom. The van der Waals surface area contributed by atoms with Crippen LogP contribution in [0.3, 0.4) is 0 Å². The summed E-state index contributed by atoms with van der Waals surface area (Å²) in [5.41, 5.74) is 1.80. The number of carbonyl (C=O) groups is 3. The van der Waals surface area contributed by atoms with Crippen molar-refractivity contribution < 1.29 is 19.1 Å². The summed E-state index contributed by atoms with van der Waals surface area (Å²) in [6.45, 7) is 3.27. The lowest BCUT2D eigenvalue weighted by Crippen LogP contribution is -2.48. The zero-order valence-corrected chi connectivity index (χ0v) is 14.6. The van der Waals surface area contributed by atoms with Crippen molar-refractivity contribution in [3.63, 3.8) is 0 Å². The zero-order valence-electron chi connectivity index (χ0n) is 14.6. The topological polar surface area (TPSA) is 88.6 Å². The molecule has 3 rings (SSSR count). The van der Waals surface area contributed by atoms with E-state index in [2.05, 4.69) is 10.3 Å². The second kappa shape index (κ2) is 7.35. The molecule has 1 aliphatic heterocycles. The molecule has 0 spiro atoms. The SMILES string of the molecule is CC(=O)c1ccc2c(c1)N(CC(=O)NCc1ccncc1)C(=O)C(C)O2. The van der Waals surface area contributed by atoms with Crippen LogP contribution in [0.4, 0.5) is 5.69 Å². The molecule has 0 saturated carbocycles. The maximum Gasteiger partial charge on any atom is 0.268 e. The highest BCUT2D eigenvalue weighted by atomic mass is 16.5. The first-order valence-electron chi connectivity index (χ1n) is 8.24. The van der Waals surface area contributed by atoms with Crippen LogP contribution in [0.25, 0.3) is 0 Å². The third-order valence-corrected chi connectivity index (χ3v) is 4.11. The lowest BCUT2D eigenvalue weighted by molar-refractivity contribution is -0.128.